The molecule has 6 heteroatoms. The minimum atomic E-state index is -0.171. The molecule has 2 atom stereocenters. The Morgan fingerprint density at radius 2 is 1.69 bits per heavy atom. The SMILES string of the molecule is COC(=O)N1CCC(N2CCC(N3C4=C(CC(Cl)CC4)C4(CC4)C3C)CC2)CC1. The Kier molecular flexibility index (Phi) is 5.26. The van der Waals surface area contributed by atoms with Gasteiger partial charge in [-0.25, -0.2) is 4.79 Å². The van der Waals surface area contributed by atoms with Crippen molar-refractivity contribution in [3.8, 4) is 0 Å². The van der Waals surface area contributed by atoms with Crippen LogP contribution in [0.3, 0.4) is 0 Å². The molecule has 3 fully saturated rings. The van der Waals surface area contributed by atoms with Crippen LogP contribution in [0.4, 0.5) is 4.79 Å². The predicted octanol–water partition coefficient (Wildman–Crippen LogP) is 4.21. The molecule has 2 saturated heterocycles. The molecule has 5 nitrogen and oxygen atoms in total. The fourth-order valence-corrected chi connectivity index (χ4v) is 7.14. The maximum Gasteiger partial charge on any atom is 0.409 e. The van der Waals surface area contributed by atoms with Crippen molar-refractivity contribution >= 4 is 17.7 Å². The van der Waals surface area contributed by atoms with Crippen molar-refractivity contribution in [2.75, 3.05) is 33.3 Å². The highest BCUT2D eigenvalue weighted by atomic mass is 35.5. The van der Waals surface area contributed by atoms with Gasteiger partial charge in [0.25, 0.3) is 0 Å². The Morgan fingerprint density at radius 1 is 1.03 bits per heavy atom. The number of fused-ring (bicyclic) bond motifs is 1. The van der Waals surface area contributed by atoms with Gasteiger partial charge in [0.05, 0.1) is 7.11 Å². The third kappa shape index (κ3) is 3.37. The molecule has 1 saturated carbocycles. The Labute approximate surface area is 180 Å². The van der Waals surface area contributed by atoms with E-state index < -0.39 is 0 Å². The standard InChI is InChI=1S/C23H36ClN3O2/c1-16-23(9-10-23)20-15-17(24)3-4-21(20)27(16)19-7-11-25(12-8-19)18-5-13-26(14-6-18)22(28)29-2/h16-19H,3-15H2,1-2H3. The second kappa shape index (κ2) is 7.64. The maximum absolute atomic E-state index is 11.7. The maximum atomic E-state index is 11.7. The molecule has 5 rings (SSSR count). The predicted molar refractivity (Wildman–Crippen MR) is 115 cm³/mol. The lowest BCUT2D eigenvalue weighted by Crippen LogP contribution is -2.52. The van der Waals surface area contributed by atoms with Gasteiger partial charge < -0.3 is 19.4 Å². The van der Waals surface area contributed by atoms with Crippen molar-refractivity contribution in [3.05, 3.63) is 11.3 Å². The number of ether oxygens (including phenoxy) is 1. The molecule has 1 spiro atoms. The molecule has 0 aromatic rings. The van der Waals surface area contributed by atoms with Crippen LogP contribution in [0.2, 0.25) is 0 Å². The molecule has 2 aliphatic carbocycles. The molecule has 5 aliphatic rings. The van der Waals surface area contributed by atoms with Gasteiger partial charge in [-0.3, -0.25) is 0 Å². The van der Waals surface area contributed by atoms with Crippen molar-refractivity contribution < 1.29 is 9.53 Å². The van der Waals surface area contributed by atoms with Gasteiger partial charge in [-0.1, -0.05) is 0 Å². The Hall–Kier alpha value is -0.940. The summed E-state index contributed by atoms with van der Waals surface area (Å²) in [4.78, 5) is 19.1. The molecule has 0 radical (unpaired) electrons. The Morgan fingerprint density at radius 3 is 2.31 bits per heavy atom. The summed E-state index contributed by atoms with van der Waals surface area (Å²) in [6, 6.07) is 2.01. The number of allylic oxidation sites excluding steroid dienone is 1. The highest BCUT2D eigenvalue weighted by molar-refractivity contribution is 6.20. The molecule has 0 aromatic heterocycles. The third-order valence-corrected chi connectivity index (χ3v) is 9.07. The van der Waals surface area contributed by atoms with Crippen molar-refractivity contribution in [2.45, 2.75) is 88.2 Å². The number of rotatable bonds is 2. The molecular weight excluding hydrogens is 386 g/mol. The van der Waals surface area contributed by atoms with E-state index in [1.54, 1.807) is 11.3 Å². The van der Waals surface area contributed by atoms with Gasteiger partial charge in [0.1, 0.15) is 0 Å². The lowest BCUT2D eigenvalue weighted by molar-refractivity contribution is 0.0493. The van der Waals surface area contributed by atoms with Crippen LogP contribution >= 0.6 is 11.6 Å². The van der Waals surface area contributed by atoms with Gasteiger partial charge in [-0.2, -0.15) is 0 Å². The van der Waals surface area contributed by atoms with Crippen LogP contribution < -0.4 is 0 Å². The molecule has 0 bridgehead atoms. The molecule has 29 heavy (non-hydrogen) atoms. The summed E-state index contributed by atoms with van der Waals surface area (Å²) in [6.07, 6.45) is 10.8. The van der Waals surface area contributed by atoms with E-state index in [0.29, 0.717) is 28.9 Å². The Bertz CT molecular complexity index is 676. The van der Waals surface area contributed by atoms with E-state index in [-0.39, 0.29) is 6.09 Å². The monoisotopic (exact) mass is 421 g/mol. The molecule has 2 unspecified atom stereocenters. The summed E-state index contributed by atoms with van der Waals surface area (Å²) in [5, 5.41) is 0.357. The average molecular weight is 422 g/mol. The lowest BCUT2D eigenvalue weighted by Gasteiger charge is -2.46. The largest absolute Gasteiger partial charge is 0.453 e. The first kappa shape index (κ1) is 20.0. The number of hydrogen-bond acceptors (Lipinski definition) is 4. The van der Waals surface area contributed by atoms with Gasteiger partial charge in [-0.05, 0) is 70.3 Å². The number of likely N-dealkylation sites (tertiary alicyclic amines) is 2. The third-order valence-electron chi connectivity index (χ3n) is 8.69. The summed E-state index contributed by atoms with van der Waals surface area (Å²) in [7, 11) is 1.48. The quantitative estimate of drug-likeness (QED) is 0.625. The van der Waals surface area contributed by atoms with Crippen LogP contribution in [-0.2, 0) is 4.74 Å². The van der Waals surface area contributed by atoms with Crippen molar-refractivity contribution in [1.29, 1.82) is 0 Å². The number of carbonyl (C=O) groups excluding carboxylic acids is 1. The minimum Gasteiger partial charge on any atom is -0.453 e. The number of amides is 1. The van der Waals surface area contributed by atoms with E-state index in [0.717, 1.165) is 38.8 Å². The van der Waals surface area contributed by atoms with E-state index in [1.807, 2.05) is 4.90 Å². The summed E-state index contributed by atoms with van der Waals surface area (Å²) in [5.74, 6) is 0. The van der Waals surface area contributed by atoms with Crippen LogP contribution in [0.15, 0.2) is 11.3 Å². The van der Waals surface area contributed by atoms with Gasteiger partial charge in [0.15, 0.2) is 0 Å². The summed E-state index contributed by atoms with van der Waals surface area (Å²) in [5.41, 5.74) is 3.92. The number of piperidine rings is 2. The summed E-state index contributed by atoms with van der Waals surface area (Å²) >= 11 is 6.57. The van der Waals surface area contributed by atoms with Crippen molar-refractivity contribution in [2.24, 2.45) is 5.41 Å². The first-order valence-electron chi connectivity index (χ1n) is 11.8. The molecule has 1 amide bonds. The van der Waals surface area contributed by atoms with Gasteiger partial charge >= 0.3 is 6.09 Å². The van der Waals surface area contributed by atoms with Crippen molar-refractivity contribution in [3.63, 3.8) is 0 Å². The van der Waals surface area contributed by atoms with E-state index in [2.05, 4.69) is 16.7 Å². The number of methoxy groups -OCH3 is 1. The molecule has 162 valence electrons. The van der Waals surface area contributed by atoms with Crippen LogP contribution in [0, 0.1) is 5.41 Å². The van der Waals surface area contributed by atoms with Gasteiger partial charge in [-0.15, -0.1) is 11.6 Å². The highest BCUT2D eigenvalue weighted by Crippen LogP contribution is 2.65. The number of halogens is 1. The zero-order chi connectivity index (χ0) is 20.2. The van der Waals surface area contributed by atoms with Crippen LogP contribution in [0.5, 0.6) is 0 Å². The fourth-order valence-electron chi connectivity index (χ4n) is 6.88. The Balaban J connectivity index is 1.20. The summed E-state index contributed by atoms with van der Waals surface area (Å²) in [6.45, 7) is 6.55. The van der Waals surface area contributed by atoms with E-state index in [9.17, 15) is 4.79 Å². The first-order valence-corrected chi connectivity index (χ1v) is 12.2. The minimum absolute atomic E-state index is 0.171. The topological polar surface area (TPSA) is 36.0 Å². The van der Waals surface area contributed by atoms with Crippen LogP contribution in [0.25, 0.3) is 0 Å². The van der Waals surface area contributed by atoms with Crippen LogP contribution in [0.1, 0.15) is 64.7 Å². The number of nitrogens with zero attached hydrogens (tertiary/aromatic N) is 3. The second-order valence-corrected chi connectivity index (χ2v) is 10.6. The summed E-state index contributed by atoms with van der Waals surface area (Å²) < 4.78 is 4.88. The number of hydrogen-bond donors (Lipinski definition) is 0. The van der Waals surface area contributed by atoms with Crippen molar-refractivity contribution in [1.82, 2.24) is 14.7 Å². The number of alkyl halides is 1. The van der Waals surface area contributed by atoms with Gasteiger partial charge in [0, 0.05) is 60.8 Å². The molecule has 0 aromatic carbocycles. The van der Waals surface area contributed by atoms with Gasteiger partial charge in [0.2, 0.25) is 0 Å². The van der Waals surface area contributed by atoms with E-state index in [4.69, 9.17) is 16.3 Å². The molecule has 3 heterocycles. The zero-order valence-corrected chi connectivity index (χ0v) is 18.8. The lowest BCUT2D eigenvalue weighted by atomic mass is 9.85. The average Bonchev–Trinajstić information content (AvgIpc) is 3.53. The zero-order valence-electron chi connectivity index (χ0n) is 18.0. The van der Waals surface area contributed by atoms with E-state index in [1.165, 1.54) is 52.3 Å². The molecule has 0 N–H and O–H groups in total. The normalized spacial score (nSPS) is 33.3. The van der Waals surface area contributed by atoms with E-state index >= 15 is 0 Å². The highest BCUT2D eigenvalue weighted by Gasteiger charge is 2.59. The first-order chi connectivity index (χ1) is 14.0. The number of carbonyl (C=O) groups is 1. The molecule has 3 aliphatic heterocycles. The second-order valence-electron chi connectivity index (χ2n) is 9.96. The molecular formula is C23H36ClN3O2. The smallest absolute Gasteiger partial charge is 0.409 e. The van der Waals surface area contributed by atoms with Crippen LogP contribution in [-0.4, -0.2) is 77.6 Å². The fraction of sp³-hybridized carbons (Fsp3) is 0.870.